The van der Waals surface area contributed by atoms with Gasteiger partial charge in [-0.05, 0) is 38.5 Å². The summed E-state index contributed by atoms with van der Waals surface area (Å²) < 4.78 is 21.1. The summed E-state index contributed by atoms with van der Waals surface area (Å²) in [7, 11) is 4.50. The first-order valence-electron chi connectivity index (χ1n) is 7.48. The van der Waals surface area contributed by atoms with Crippen LogP contribution in [-0.2, 0) is 9.53 Å². The Balaban J connectivity index is 3.16. The zero-order chi connectivity index (χ0) is 18.3. The minimum atomic E-state index is -0.634. The lowest BCUT2D eigenvalue weighted by molar-refractivity contribution is -0.108. The summed E-state index contributed by atoms with van der Waals surface area (Å²) in [4.78, 5) is 23.0. The van der Waals surface area contributed by atoms with E-state index in [0.717, 1.165) is 6.29 Å². The zero-order valence-corrected chi connectivity index (χ0v) is 15.0. The second-order valence-electron chi connectivity index (χ2n) is 6.06. The van der Waals surface area contributed by atoms with Crippen LogP contribution in [0.15, 0.2) is 12.1 Å². The Hall–Kier alpha value is -2.44. The minimum absolute atomic E-state index is 0.0812. The number of aldehydes is 1. The number of nitrogens with one attached hydrogen (secondary N) is 1. The Morgan fingerprint density at radius 1 is 1.12 bits per heavy atom. The van der Waals surface area contributed by atoms with E-state index in [1.165, 1.54) is 21.3 Å². The van der Waals surface area contributed by atoms with E-state index in [2.05, 4.69) is 5.32 Å². The summed E-state index contributed by atoms with van der Waals surface area (Å²) in [5, 5.41) is 2.69. The van der Waals surface area contributed by atoms with Crippen LogP contribution in [0.4, 0.5) is 4.79 Å². The molecule has 24 heavy (non-hydrogen) atoms. The highest BCUT2D eigenvalue weighted by molar-refractivity contribution is 5.69. The molecule has 1 aromatic carbocycles. The zero-order valence-electron chi connectivity index (χ0n) is 15.0. The number of carbonyl (C=O) groups excluding carboxylic acids is 2. The number of methoxy groups -OCH3 is 3. The summed E-state index contributed by atoms with van der Waals surface area (Å²) in [6.07, 6.45) is 0.200. The van der Waals surface area contributed by atoms with E-state index in [0.29, 0.717) is 22.8 Å². The molecule has 7 nitrogen and oxygen atoms in total. The molecule has 0 aliphatic carbocycles. The van der Waals surface area contributed by atoms with Gasteiger partial charge in [0.1, 0.15) is 11.9 Å². The molecule has 1 rings (SSSR count). The third kappa shape index (κ3) is 5.33. The number of alkyl carbamates (subject to hydrolysis) is 1. The molecule has 134 valence electrons. The first-order valence-corrected chi connectivity index (χ1v) is 7.48. The molecule has 7 heteroatoms. The summed E-state index contributed by atoms with van der Waals surface area (Å²) in [6, 6.07) is 2.80. The Bertz CT molecular complexity index is 554. The Kier molecular flexibility index (Phi) is 6.88. The van der Waals surface area contributed by atoms with Crippen LogP contribution < -0.4 is 19.5 Å². The van der Waals surface area contributed by atoms with Gasteiger partial charge in [-0.3, -0.25) is 0 Å². The van der Waals surface area contributed by atoms with Crippen molar-refractivity contribution < 1.29 is 28.5 Å². The van der Waals surface area contributed by atoms with Gasteiger partial charge in [-0.15, -0.1) is 0 Å². The maximum atomic E-state index is 12.0. The fourth-order valence-electron chi connectivity index (χ4n) is 2.13. The van der Waals surface area contributed by atoms with E-state index in [-0.39, 0.29) is 6.42 Å². The van der Waals surface area contributed by atoms with Gasteiger partial charge in [-0.25, -0.2) is 4.79 Å². The number of hydrogen-bond acceptors (Lipinski definition) is 6. The molecular formula is C17H25NO6. The maximum Gasteiger partial charge on any atom is 0.408 e. The maximum absolute atomic E-state index is 12.0. The van der Waals surface area contributed by atoms with Gasteiger partial charge in [0.2, 0.25) is 5.75 Å². The van der Waals surface area contributed by atoms with Crippen LogP contribution in [0.25, 0.3) is 0 Å². The molecule has 1 aromatic rings. The lowest BCUT2D eigenvalue weighted by atomic mass is 10.0. The summed E-state index contributed by atoms with van der Waals surface area (Å²) in [5.74, 6) is 1.31. The molecule has 0 spiro atoms. The van der Waals surface area contributed by atoms with Crippen molar-refractivity contribution >= 4 is 12.4 Å². The normalized spacial score (nSPS) is 12.1. The standard InChI is InChI=1S/C17H25NO6/c1-17(2,3)24-16(20)18-12(7-8-19)11-9-13(21-4)15(23-6)14(10-11)22-5/h8-10,12H,7H2,1-6H3,(H,18,20)/t12-/m0/s1. The number of ether oxygens (including phenoxy) is 4. The first-order chi connectivity index (χ1) is 11.3. The topological polar surface area (TPSA) is 83.1 Å². The second kappa shape index (κ2) is 8.42. The monoisotopic (exact) mass is 339 g/mol. The van der Waals surface area contributed by atoms with Gasteiger partial charge in [0.25, 0.3) is 0 Å². The number of benzene rings is 1. The number of amides is 1. The molecule has 0 saturated heterocycles. The Labute approximate surface area is 142 Å². The van der Waals surface area contributed by atoms with Crippen molar-refractivity contribution in [3.63, 3.8) is 0 Å². The summed E-state index contributed by atoms with van der Waals surface area (Å²) >= 11 is 0. The van der Waals surface area contributed by atoms with Gasteiger partial charge in [0.05, 0.1) is 27.4 Å². The van der Waals surface area contributed by atoms with E-state index in [1.54, 1.807) is 32.9 Å². The van der Waals surface area contributed by atoms with E-state index < -0.39 is 17.7 Å². The average Bonchev–Trinajstić information content (AvgIpc) is 2.51. The molecule has 0 heterocycles. The van der Waals surface area contributed by atoms with Crippen LogP contribution in [0, 0.1) is 0 Å². The lowest BCUT2D eigenvalue weighted by Gasteiger charge is -2.24. The van der Waals surface area contributed by atoms with E-state index in [1.807, 2.05) is 0 Å². The highest BCUT2D eigenvalue weighted by Crippen LogP contribution is 2.40. The highest BCUT2D eigenvalue weighted by Gasteiger charge is 2.23. The van der Waals surface area contributed by atoms with Crippen LogP contribution in [0.5, 0.6) is 17.2 Å². The largest absolute Gasteiger partial charge is 0.493 e. The van der Waals surface area contributed by atoms with Gasteiger partial charge in [-0.2, -0.15) is 0 Å². The van der Waals surface area contributed by atoms with Crippen molar-refractivity contribution in [2.45, 2.75) is 38.8 Å². The number of hydrogen-bond donors (Lipinski definition) is 1. The molecule has 0 aliphatic heterocycles. The minimum Gasteiger partial charge on any atom is -0.493 e. The van der Waals surface area contributed by atoms with E-state index in [9.17, 15) is 9.59 Å². The molecule has 0 radical (unpaired) electrons. The van der Waals surface area contributed by atoms with Crippen molar-refractivity contribution in [3.8, 4) is 17.2 Å². The quantitative estimate of drug-likeness (QED) is 0.769. The molecule has 0 aromatic heterocycles. The molecular weight excluding hydrogens is 314 g/mol. The lowest BCUT2D eigenvalue weighted by Crippen LogP contribution is -2.35. The third-order valence-electron chi connectivity index (χ3n) is 3.11. The van der Waals surface area contributed by atoms with Crippen LogP contribution in [-0.4, -0.2) is 39.3 Å². The molecule has 1 atom stereocenters. The SMILES string of the molecule is COc1cc([C@H](CC=O)NC(=O)OC(C)(C)C)cc(OC)c1OC. The van der Waals surface area contributed by atoms with Gasteiger partial charge < -0.3 is 29.1 Å². The summed E-state index contributed by atoms with van der Waals surface area (Å²) in [6.45, 7) is 5.29. The molecule has 0 aliphatic rings. The van der Waals surface area contributed by atoms with Crippen LogP contribution in [0.2, 0.25) is 0 Å². The van der Waals surface area contributed by atoms with Crippen molar-refractivity contribution in [2.75, 3.05) is 21.3 Å². The van der Waals surface area contributed by atoms with Gasteiger partial charge >= 0.3 is 6.09 Å². The molecule has 0 unspecified atom stereocenters. The Morgan fingerprint density at radius 3 is 2.04 bits per heavy atom. The first kappa shape index (κ1) is 19.6. The average molecular weight is 339 g/mol. The molecule has 0 saturated carbocycles. The fraction of sp³-hybridized carbons (Fsp3) is 0.529. The van der Waals surface area contributed by atoms with Gasteiger partial charge in [0.15, 0.2) is 11.5 Å². The number of rotatable bonds is 7. The number of carbonyl (C=O) groups is 2. The fourth-order valence-corrected chi connectivity index (χ4v) is 2.13. The van der Waals surface area contributed by atoms with Crippen molar-refractivity contribution in [2.24, 2.45) is 0 Å². The van der Waals surface area contributed by atoms with Crippen LogP contribution >= 0.6 is 0 Å². The molecule has 0 bridgehead atoms. The Morgan fingerprint density at radius 2 is 1.67 bits per heavy atom. The summed E-state index contributed by atoms with van der Waals surface area (Å²) in [5.41, 5.74) is 0.00734. The molecule has 1 N–H and O–H groups in total. The van der Waals surface area contributed by atoms with Crippen LogP contribution in [0.3, 0.4) is 0 Å². The van der Waals surface area contributed by atoms with Crippen molar-refractivity contribution in [1.82, 2.24) is 5.32 Å². The predicted octanol–water partition coefficient (Wildman–Crippen LogP) is 2.87. The molecule has 0 fully saturated rings. The third-order valence-corrected chi connectivity index (χ3v) is 3.11. The molecule has 1 amide bonds. The van der Waals surface area contributed by atoms with Gasteiger partial charge in [-0.1, -0.05) is 0 Å². The highest BCUT2D eigenvalue weighted by atomic mass is 16.6. The van der Waals surface area contributed by atoms with Crippen molar-refractivity contribution in [1.29, 1.82) is 0 Å². The van der Waals surface area contributed by atoms with E-state index in [4.69, 9.17) is 18.9 Å². The van der Waals surface area contributed by atoms with Crippen molar-refractivity contribution in [3.05, 3.63) is 17.7 Å². The van der Waals surface area contributed by atoms with E-state index >= 15 is 0 Å². The van der Waals surface area contributed by atoms with Crippen LogP contribution in [0.1, 0.15) is 38.8 Å². The second-order valence-corrected chi connectivity index (χ2v) is 6.06. The smallest absolute Gasteiger partial charge is 0.408 e. The predicted molar refractivity (Wildman–Crippen MR) is 88.9 cm³/mol. The van der Waals surface area contributed by atoms with Gasteiger partial charge in [0, 0.05) is 6.42 Å².